The van der Waals surface area contributed by atoms with Crippen molar-refractivity contribution in [2.75, 3.05) is 25.6 Å². The minimum atomic E-state index is -3.48. The van der Waals surface area contributed by atoms with E-state index in [1.54, 1.807) is 39.2 Å². The van der Waals surface area contributed by atoms with Gasteiger partial charge in [-0.15, -0.1) is 0 Å². The summed E-state index contributed by atoms with van der Waals surface area (Å²) < 4.78 is 31.9. The number of anilines is 1. The summed E-state index contributed by atoms with van der Waals surface area (Å²) in [4.78, 5) is 0.279. The molecule has 0 bridgehead atoms. The number of para-hydroxylation sites is 1. The van der Waals surface area contributed by atoms with Crippen molar-refractivity contribution < 1.29 is 13.2 Å². The van der Waals surface area contributed by atoms with E-state index in [-0.39, 0.29) is 10.9 Å². The highest BCUT2D eigenvalue weighted by atomic mass is 32.2. The lowest BCUT2D eigenvalue weighted by atomic mass is 10.3. The molecule has 1 aromatic carbocycles. The predicted molar refractivity (Wildman–Crippen MR) is 76.9 cm³/mol. The minimum Gasteiger partial charge on any atom is -0.385 e. The van der Waals surface area contributed by atoms with Gasteiger partial charge in [0, 0.05) is 26.3 Å². The zero-order valence-electron chi connectivity index (χ0n) is 11.6. The second-order valence-electron chi connectivity index (χ2n) is 4.55. The average Bonchev–Trinajstić information content (AvgIpc) is 2.33. The van der Waals surface area contributed by atoms with Crippen LogP contribution in [0.4, 0.5) is 5.69 Å². The van der Waals surface area contributed by atoms with Gasteiger partial charge < -0.3 is 10.1 Å². The number of hydrogen-bond acceptors (Lipinski definition) is 4. The van der Waals surface area contributed by atoms with Crippen molar-refractivity contribution in [1.82, 2.24) is 4.72 Å². The Morgan fingerprint density at radius 2 is 1.95 bits per heavy atom. The molecule has 0 aliphatic heterocycles. The van der Waals surface area contributed by atoms with Crippen LogP contribution in [-0.4, -0.2) is 34.7 Å². The summed E-state index contributed by atoms with van der Waals surface area (Å²) in [7, 11) is -1.83. The highest BCUT2D eigenvalue weighted by molar-refractivity contribution is 7.89. The van der Waals surface area contributed by atoms with Crippen molar-refractivity contribution in [3.8, 4) is 0 Å². The first-order valence-corrected chi connectivity index (χ1v) is 7.80. The molecule has 0 heterocycles. The summed E-state index contributed by atoms with van der Waals surface area (Å²) in [6.07, 6.45) is 0.822. The van der Waals surface area contributed by atoms with Gasteiger partial charge in [0.25, 0.3) is 0 Å². The van der Waals surface area contributed by atoms with Crippen molar-refractivity contribution in [1.29, 1.82) is 0 Å². The Morgan fingerprint density at radius 1 is 1.26 bits per heavy atom. The highest BCUT2D eigenvalue weighted by Crippen LogP contribution is 2.20. The molecule has 0 saturated carbocycles. The van der Waals surface area contributed by atoms with E-state index in [9.17, 15) is 8.42 Å². The second kappa shape index (κ2) is 7.47. The van der Waals surface area contributed by atoms with Gasteiger partial charge in [0.15, 0.2) is 0 Å². The zero-order chi connectivity index (χ0) is 14.3. The predicted octanol–water partition coefficient (Wildman–Crippen LogP) is 1.82. The molecule has 0 fully saturated rings. The van der Waals surface area contributed by atoms with Crippen LogP contribution in [0.5, 0.6) is 0 Å². The minimum absolute atomic E-state index is 0.133. The molecule has 1 aromatic rings. The van der Waals surface area contributed by atoms with Crippen molar-refractivity contribution in [3.05, 3.63) is 24.3 Å². The molecule has 0 saturated heterocycles. The largest absolute Gasteiger partial charge is 0.385 e. The van der Waals surface area contributed by atoms with E-state index < -0.39 is 10.0 Å². The number of rotatable bonds is 8. The summed E-state index contributed by atoms with van der Waals surface area (Å²) in [6, 6.07) is 6.76. The van der Waals surface area contributed by atoms with E-state index >= 15 is 0 Å². The summed E-state index contributed by atoms with van der Waals surface area (Å²) >= 11 is 0. The average molecular weight is 286 g/mol. The Labute approximate surface area is 115 Å². The van der Waals surface area contributed by atoms with Gasteiger partial charge in [0.2, 0.25) is 10.0 Å². The second-order valence-corrected chi connectivity index (χ2v) is 6.23. The van der Waals surface area contributed by atoms with E-state index in [1.165, 1.54) is 0 Å². The van der Waals surface area contributed by atoms with E-state index in [4.69, 9.17) is 4.74 Å². The number of sulfonamides is 1. The van der Waals surface area contributed by atoms with Crippen molar-refractivity contribution >= 4 is 15.7 Å². The molecule has 108 valence electrons. The highest BCUT2D eigenvalue weighted by Gasteiger charge is 2.18. The molecule has 6 heteroatoms. The van der Waals surface area contributed by atoms with E-state index in [0.717, 1.165) is 6.42 Å². The van der Waals surface area contributed by atoms with Gasteiger partial charge >= 0.3 is 0 Å². The number of methoxy groups -OCH3 is 1. The molecule has 0 aliphatic carbocycles. The first-order valence-electron chi connectivity index (χ1n) is 6.31. The van der Waals surface area contributed by atoms with Crippen LogP contribution in [0, 0.1) is 0 Å². The summed E-state index contributed by atoms with van der Waals surface area (Å²) in [5, 5.41) is 3.13. The Bertz CT molecular complexity index is 486. The summed E-state index contributed by atoms with van der Waals surface area (Å²) in [6.45, 7) is 4.91. The fourth-order valence-corrected chi connectivity index (χ4v) is 3.10. The molecule has 0 radical (unpaired) electrons. The van der Waals surface area contributed by atoms with E-state index in [1.807, 2.05) is 6.07 Å². The molecule has 0 unspecified atom stereocenters. The third-order valence-electron chi connectivity index (χ3n) is 2.41. The quantitative estimate of drug-likeness (QED) is 0.715. The van der Waals surface area contributed by atoms with Gasteiger partial charge in [0.1, 0.15) is 4.90 Å². The van der Waals surface area contributed by atoms with Gasteiger partial charge in [0.05, 0.1) is 5.69 Å². The van der Waals surface area contributed by atoms with Gasteiger partial charge in [-0.25, -0.2) is 13.1 Å². The van der Waals surface area contributed by atoms with Crippen LogP contribution in [0.25, 0.3) is 0 Å². The molecular formula is C13H22N2O3S. The maximum atomic E-state index is 12.2. The van der Waals surface area contributed by atoms with E-state index in [2.05, 4.69) is 10.0 Å². The third-order valence-corrected chi connectivity index (χ3v) is 4.12. The van der Waals surface area contributed by atoms with Crippen LogP contribution in [0.1, 0.15) is 20.3 Å². The monoisotopic (exact) mass is 286 g/mol. The summed E-state index contributed by atoms with van der Waals surface area (Å²) in [5.41, 5.74) is 0.617. The Balaban J connectivity index is 2.83. The number of ether oxygens (including phenoxy) is 1. The maximum absolute atomic E-state index is 12.2. The van der Waals surface area contributed by atoms with Crippen molar-refractivity contribution in [2.24, 2.45) is 0 Å². The lowest BCUT2D eigenvalue weighted by molar-refractivity contribution is 0.198. The molecular weight excluding hydrogens is 264 g/mol. The van der Waals surface area contributed by atoms with Crippen LogP contribution >= 0.6 is 0 Å². The number of benzene rings is 1. The number of hydrogen-bond donors (Lipinski definition) is 2. The van der Waals surface area contributed by atoms with Crippen molar-refractivity contribution in [3.63, 3.8) is 0 Å². The van der Waals surface area contributed by atoms with Crippen LogP contribution in [0.3, 0.4) is 0 Å². The molecule has 0 aliphatic rings. The molecule has 0 spiro atoms. The Kier molecular flexibility index (Phi) is 6.27. The zero-order valence-corrected chi connectivity index (χ0v) is 12.5. The van der Waals surface area contributed by atoms with Crippen LogP contribution in [-0.2, 0) is 14.8 Å². The normalized spacial score (nSPS) is 11.8. The Morgan fingerprint density at radius 3 is 2.58 bits per heavy atom. The van der Waals surface area contributed by atoms with Gasteiger partial charge in [-0.1, -0.05) is 12.1 Å². The molecule has 2 N–H and O–H groups in total. The topological polar surface area (TPSA) is 67.4 Å². The SMILES string of the molecule is COCCCNc1ccccc1S(=O)(=O)NC(C)C. The van der Waals surface area contributed by atoms with Crippen LogP contribution < -0.4 is 10.0 Å². The molecule has 5 nitrogen and oxygen atoms in total. The van der Waals surface area contributed by atoms with Crippen LogP contribution in [0.2, 0.25) is 0 Å². The first kappa shape index (κ1) is 15.9. The summed E-state index contributed by atoms with van der Waals surface area (Å²) in [5.74, 6) is 0. The lowest BCUT2D eigenvalue weighted by Gasteiger charge is -2.14. The molecule has 19 heavy (non-hydrogen) atoms. The van der Waals surface area contributed by atoms with Gasteiger partial charge in [-0.05, 0) is 32.4 Å². The standard InChI is InChI=1S/C13H22N2O3S/c1-11(2)15-19(16,17)13-8-5-4-7-12(13)14-9-6-10-18-3/h4-5,7-8,11,14-15H,6,9-10H2,1-3H3. The number of nitrogens with one attached hydrogen (secondary N) is 2. The van der Waals surface area contributed by atoms with E-state index in [0.29, 0.717) is 18.8 Å². The molecule has 0 amide bonds. The van der Waals surface area contributed by atoms with Crippen LogP contribution in [0.15, 0.2) is 29.2 Å². The van der Waals surface area contributed by atoms with Crippen molar-refractivity contribution in [2.45, 2.75) is 31.2 Å². The molecule has 1 rings (SSSR count). The molecule has 0 aromatic heterocycles. The fraction of sp³-hybridized carbons (Fsp3) is 0.538. The lowest BCUT2D eigenvalue weighted by Crippen LogP contribution is -2.30. The van der Waals surface area contributed by atoms with Gasteiger partial charge in [-0.2, -0.15) is 0 Å². The Hall–Kier alpha value is -1.11. The molecule has 0 atom stereocenters. The smallest absolute Gasteiger partial charge is 0.242 e. The third kappa shape index (κ3) is 5.18. The van der Waals surface area contributed by atoms with Gasteiger partial charge in [-0.3, -0.25) is 0 Å². The maximum Gasteiger partial charge on any atom is 0.242 e. The first-order chi connectivity index (χ1) is 8.97. The fourth-order valence-electron chi connectivity index (χ4n) is 1.66.